The molecule has 0 saturated carbocycles. The first kappa shape index (κ1) is 17.3. The van der Waals surface area contributed by atoms with Gasteiger partial charge < -0.3 is 14.4 Å². The Hall–Kier alpha value is -2.49. The number of ether oxygens (including phenoxy) is 2. The quantitative estimate of drug-likeness (QED) is 0.742. The lowest BCUT2D eigenvalue weighted by molar-refractivity contribution is 0.0159. The van der Waals surface area contributed by atoms with Crippen molar-refractivity contribution in [2.45, 2.75) is 45.8 Å². The molecule has 0 radical (unpaired) electrons. The highest BCUT2D eigenvalue weighted by Gasteiger charge is 2.31. The van der Waals surface area contributed by atoms with Gasteiger partial charge in [-0.2, -0.15) is 0 Å². The molecular formula is C21H25NO3. The first-order valence-electron chi connectivity index (χ1n) is 8.69. The molecule has 4 heteroatoms. The lowest BCUT2D eigenvalue weighted by Crippen LogP contribution is -2.42. The van der Waals surface area contributed by atoms with Gasteiger partial charge in [-0.1, -0.05) is 24.3 Å². The third-order valence-electron chi connectivity index (χ3n) is 4.26. The van der Waals surface area contributed by atoms with Crippen molar-refractivity contribution in [3.63, 3.8) is 0 Å². The van der Waals surface area contributed by atoms with E-state index < -0.39 is 5.60 Å². The zero-order valence-electron chi connectivity index (χ0n) is 15.3. The molecule has 132 valence electrons. The van der Waals surface area contributed by atoms with Crippen molar-refractivity contribution in [2.24, 2.45) is 0 Å². The smallest absolute Gasteiger partial charge is 0.410 e. The number of rotatable bonds is 2. The number of hydrogen-bond acceptors (Lipinski definition) is 3. The van der Waals surface area contributed by atoms with E-state index in [1.165, 1.54) is 5.56 Å². The second-order valence-electron chi connectivity index (χ2n) is 7.38. The van der Waals surface area contributed by atoms with Crippen LogP contribution in [-0.4, -0.2) is 23.1 Å². The topological polar surface area (TPSA) is 38.8 Å². The van der Waals surface area contributed by atoms with E-state index in [0.29, 0.717) is 6.54 Å². The fourth-order valence-corrected chi connectivity index (χ4v) is 3.05. The molecule has 4 nitrogen and oxygen atoms in total. The van der Waals surface area contributed by atoms with Gasteiger partial charge >= 0.3 is 6.09 Å². The third-order valence-corrected chi connectivity index (χ3v) is 4.26. The molecule has 1 heterocycles. The van der Waals surface area contributed by atoms with E-state index in [0.717, 1.165) is 23.5 Å². The Morgan fingerprint density at radius 3 is 2.48 bits per heavy atom. The SMILES string of the molecule is CC1c2cc(Oc3ccccc3)ccc2CCN1C(=O)OC(C)(C)C. The van der Waals surface area contributed by atoms with Crippen LogP contribution >= 0.6 is 0 Å². The first-order valence-corrected chi connectivity index (χ1v) is 8.69. The van der Waals surface area contributed by atoms with Crippen molar-refractivity contribution in [3.8, 4) is 11.5 Å². The average Bonchev–Trinajstić information content (AvgIpc) is 2.55. The molecule has 2 aromatic rings. The second kappa shape index (κ2) is 6.79. The fraction of sp³-hybridized carbons (Fsp3) is 0.381. The predicted octanol–water partition coefficient (Wildman–Crippen LogP) is 5.33. The summed E-state index contributed by atoms with van der Waals surface area (Å²) in [5.74, 6) is 1.58. The van der Waals surface area contributed by atoms with Crippen molar-refractivity contribution in [3.05, 3.63) is 59.7 Å². The van der Waals surface area contributed by atoms with Gasteiger partial charge in [0.05, 0.1) is 6.04 Å². The van der Waals surface area contributed by atoms with Crippen molar-refractivity contribution in [1.29, 1.82) is 0 Å². The van der Waals surface area contributed by atoms with Gasteiger partial charge in [0.2, 0.25) is 0 Å². The van der Waals surface area contributed by atoms with Gasteiger partial charge in [0.1, 0.15) is 17.1 Å². The fourth-order valence-electron chi connectivity index (χ4n) is 3.05. The van der Waals surface area contributed by atoms with Gasteiger partial charge in [-0.3, -0.25) is 0 Å². The van der Waals surface area contributed by atoms with Crippen molar-refractivity contribution < 1.29 is 14.3 Å². The summed E-state index contributed by atoms with van der Waals surface area (Å²) < 4.78 is 11.5. The number of nitrogens with zero attached hydrogens (tertiary/aromatic N) is 1. The van der Waals surface area contributed by atoms with Gasteiger partial charge in [-0.05, 0) is 69.5 Å². The van der Waals surface area contributed by atoms with Crippen LogP contribution in [0.15, 0.2) is 48.5 Å². The predicted molar refractivity (Wildman–Crippen MR) is 98.0 cm³/mol. The van der Waals surface area contributed by atoms with Gasteiger partial charge in [-0.15, -0.1) is 0 Å². The molecule has 25 heavy (non-hydrogen) atoms. The number of carbonyl (C=O) groups excluding carboxylic acids is 1. The highest BCUT2D eigenvalue weighted by atomic mass is 16.6. The molecule has 1 atom stereocenters. The van der Waals surface area contributed by atoms with Crippen LogP contribution in [0.5, 0.6) is 11.5 Å². The Morgan fingerprint density at radius 2 is 1.80 bits per heavy atom. The zero-order valence-corrected chi connectivity index (χ0v) is 15.3. The summed E-state index contributed by atoms with van der Waals surface area (Å²) in [6, 6.07) is 15.8. The minimum Gasteiger partial charge on any atom is -0.457 e. The van der Waals surface area contributed by atoms with Crippen LogP contribution in [0, 0.1) is 0 Å². The second-order valence-corrected chi connectivity index (χ2v) is 7.38. The zero-order chi connectivity index (χ0) is 18.0. The molecule has 1 unspecified atom stereocenters. The van der Waals surface area contributed by atoms with Crippen LogP contribution in [-0.2, 0) is 11.2 Å². The lowest BCUT2D eigenvalue weighted by atomic mass is 9.93. The molecule has 0 saturated heterocycles. The molecule has 2 aromatic carbocycles. The van der Waals surface area contributed by atoms with Crippen LogP contribution in [0.1, 0.15) is 44.9 Å². The highest BCUT2D eigenvalue weighted by Crippen LogP contribution is 2.34. The van der Waals surface area contributed by atoms with E-state index in [4.69, 9.17) is 9.47 Å². The van der Waals surface area contributed by atoms with E-state index in [1.807, 2.05) is 70.2 Å². The number of amides is 1. The Morgan fingerprint density at radius 1 is 1.08 bits per heavy atom. The summed E-state index contributed by atoms with van der Waals surface area (Å²) in [7, 11) is 0. The monoisotopic (exact) mass is 339 g/mol. The van der Waals surface area contributed by atoms with E-state index in [-0.39, 0.29) is 12.1 Å². The summed E-state index contributed by atoms with van der Waals surface area (Å²) in [6.07, 6.45) is 0.560. The Bertz CT molecular complexity index is 749. The Balaban J connectivity index is 1.80. The van der Waals surface area contributed by atoms with Crippen LogP contribution in [0.4, 0.5) is 4.79 Å². The highest BCUT2D eigenvalue weighted by molar-refractivity contribution is 5.69. The molecule has 0 N–H and O–H groups in total. The number of carbonyl (C=O) groups is 1. The van der Waals surface area contributed by atoms with Gasteiger partial charge in [-0.25, -0.2) is 4.79 Å². The lowest BCUT2D eigenvalue weighted by Gasteiger charge is -2.36. The summed E-state index contributed by atoms with van der Waals surface area (Å²) in [6.45, 7) is 8.37. The van der Waals surface area contributed by atoms with Crippen LogP contribution in [0.3, 0.4) is 0 Å². The first-order chi connectivity index (χ1) is 11.8. The standard InChI is InChI=1S/C21H25NO3/c1-15-19-14-18(24-17-8-6-5-7-9-17)11-10-16(19)12-13-22(15)20(23)25-21(2,3)4/h5-11,14-15H,12-13H2,1-4H3. The number of para-hydroxylation sites is 1. The number of hydrogen-bond donors (Lipinski definition) is 0. The maximum absolute atomic E-state index is 12.5. The molecule has 3 rings (SSSR count). The molecule has 1 amide bonds. The molecule has 0 aliphatic carbocycles. The summed E-state index contributed by atoms with van der Waals surface area (Å²) in [5, 5.41) is 0. The van der Waals surface area contributed by atoms with Crippen molar-refractivity contribution >= 4 is 6.09 Å². The van der Waals surface area contributed by atoms with Crippen molar-refractivity contribution in [1.82, 2.24) is 4.90 Å². The third kappa shape index (κ3) is 4.13. The minimum absolute atomic E-state index is 0.0436. The molecule has 0 spiro atoms. The molecule has 0 aromatic heterocycles. The summed E-state index contributed by atoms with van der Waals surface area (Å²) >= 11 is 0. The van der Waals surface area contributed by atoms with Gasteiger partial charge in [0.15, 0.2) is 0 Å². The summed E-state index contributed by atoms with van der Waals surface area (Å²) in [5.41, 5.74) is 1.88. The Labute approximate surface area is 149 Å². The van der Waals surface area contributed by atoms with Crippen LogP contribution < -0.4 is 4.74 Å². The van der Waals surface area contributed by atoms with Crippen molar-refractivity contribution in [2.75, 3.05) is 6.54 Å². The minimum atomic E-state index is -0.491. The van der Waals surface area contributed by atoms with E-state index in [2.05, 4.69) is 6.07 Å². The van der Waals surface area contributed by atoms with E-state index in [9.17, 15) is 4.79 Å². The average molecular weight is 339 g/mol. The number of benzene rings is 2. The van der Waals surface area contributed by atoms with Crippen LogP contribution in [0.2, 0.25) is 0 Å². The number of fused-ring (bicyclic) bond motifs is 1. The van der Waals surface area contributed by atoms with Gasteiger partial charge in [0, 0.05) is 6.54 Å². The molecule has 0 bridgehead atoms. The normalized spacial score (nSPS) is 17.0. The Kier molecular flexibility index (Phi) is 4.71. The van der Waals surface area contributed by atoms with Gasteiger partial charge in [0.25, 0.3) is 0 Å². The summed E-state index contributed by atoms with van der Waals surface area (Å²) in [4.78, 5) is 14.3. The molecule has 1 aliphatic rings. The van der Waals surface area contributed by atoms with E-state index in [1.54, 1.807) is 4.90 Å². The molecular weight excluding hydrogens is 314 g/mol. The van der Waals surface area contributed by atoms with Crippen LogP contribution in [0.25, 0.3) is 0 Å². The maximum atomic E-state index is 12.5. The maximum Gasteiger partial charge on any atom is 0.410 e. The largest absolute Gasteiger partial charge is 0.457 e. The molecule has 0 fully saturated rings. The van der Waals surface area contributed by atoms with E-state index >= 15 is 0 Å². The molecule has 1 aliphatic heterocycles.